The molecular formula is C11H14O2. The minimum atomic E-state index is 0.236. The van der Waals surface area contributed by atoms with Gasteiger partial charge >= 0.3 is 0 Å². The number of benzene rings is 1. The van der Waals surface area contributed by atoms with Crippen LogP contribution >= 0.6 is 0 Å². The maximum atomic E-state index is 5.58. The molecule has 2 heteroatoms. The smallest absolute Gasteiger partial charge is 0.120 e. The maximum Gasteiger partial charge on any atom is 0.120 e. The van der Waals surface area contributed by atoms with E-state index in [1.807, 2.05) is 19.9 Å². The van der Waals surface area contributed by atoms with E-state index in [-0.39, 0.29) is 6.10 Å². The van der Waals surface area contributed by atoms with Crippen molar-refractivity contribution in [3.05, 3.63) is 29.3 Å². The van der Waals surface area contributed by atoms with Crippen molar-refractivity contribution >= 4 is 0 Å². The van der Waals surface area contributed by atoms with E-state index in [0.717, 1.165) is 19.0 Å². The molecule has 1 heterocycles. The Bertz CT molecular complexity index is 305. The highest BCUT2D eigenvalue weighted by Gasteiger charge is 2.11. The number of ether oxygens (including phenoxy) is 2. The summed E-state index contributed by atoms with van der Waals surface area (Å²) in [6.45, 7) is 5.54. The van der Waals surface area contributed by atoms with Gasteiger partial charge in [0.05, 0.1) is 19.3 Å². The molecule has 0 aliphatic carbocycles. The van der Waals surface area contributed by atoms with E-state index in [2.05, 4.69) is 12.1 Å². The van der Waals surface area contributed by atoms with Gasteiger partial charge in [-0.05, 0) is 37.1 Å². The van der Waals surface area contributed by atoms with Gasteiger partial charge in [-0.2, -0.15) is 0 Å². The van der Waals surface area contributed by atoms with Crippen LogP contribution in [0.4, 0.5) is 0 Å². The van der Waals surface area contributed by atoms with Crippen LogP contribution in [0.15, 0.2) is 18.2 Å². The van der Waals surface area contributed by atoms with Crippen molar-refractivity contribution in [1.29, 1.82) is 0 Å². The normalized spacial score (nSPS) is 14.7. The molecule has 0 bridgehead atoms. The van der Waals surface area contributed by atoms with Crippen molar-refractivity contribution in [3.8, 4) is 5.75 Å². The lowest BCUT2D eigenvalue weighted by atomic mass is 10.1. The molecule has 0 radical (unpaired) electrons. The molecule has 0 N–H and O–H groups in total. The van der Waals surface area contributed by atoms with Gasteiger partial charge in [-0.1, -0.05) is 6.07 Å². The monoisotopic (exact) mass is 178 g/mol. The summed E-state index contributed by atoms with van der Waals surface area (Å²) in [6.07, 6.45) is 0.236. The average Bonchev–Trinajstić information content (AvgIpc) is 2.49. The molecular weight excluding hydrogens is 164 g/mol. The Kier molecular flexibility index (Phi) is 2.23. The Morgan fingerprint density at radius 1 is 1.23 bits per heavy atom. The molecule has 1 aromatic rings. The first-order chi connectivity index (χ1) is 6.25. The number of hydrogen-bond acceptors (Lipinski definition) is 2. The molecule has 0 atom stereocenters. The van der Waals surface area contributed by atoms with Crippen LogP contribution in [-0.4, -0.2) is 6.10 Å². The zero-order chi connectivity index (χ0) is 9.26. The van der Waals surface area contributed by atoms with Crippen LogP contribution in [-0.2, 0) is 18.0 Å². The second-order valence-corrected chi connectivity index (χ2v) is 3.59. The summed E-state index contributed by atoms with van der Waals surface area (Å²) in [7, 11) is 0. The Balaban J connectivity index is 2.21. The highest BCUT2D eigenvalue weighted by molar-refractivity contribution is 5.36. The van der Waals surface area contributed by atoms with Crippen molar-refractivity contribution in [2.45, 2.75) is 33.2 Å². The van der Waals surface area contributed by atoms with Crippen molar-refractivity contribution in [1.82, 2.24) is 0 Å². The zero-order valence-electron chi connectivity index (χ0n) is 8.04. The van der Waals surface area contributed by atoms with Crippen molar-refractivity contribution < 1.29 is 9.47 Å². The highest BCUT2D eigenvalue weighted by atomic mass is 16.5. The second-order valence-electron chi connectivity index (χ2n) is 3.59. The van der Waals surface area contributed by atoms with E-state index in [0.29, 0.717) is 0 Å². The molecule has 2 rings (SSSR count). The summed E-state index contributed by atoms with van der Waals surface area (Å²) in [5, 5.41) is 0. The van der Waals surface area contributed by atoms with Crippen LogP contribution in [0.25, 0.3) is 0 Å². The summed E-state index contributed by atoms with van der Waals surface area (Å²) in [5.41, 5.74) is 2.55. The number of rotatable bonds is 2. The molecule has 1 aliphatic heterocycles. The predicted octanol–water partition coefficient (Wildman–Crippen LogP) is 2.50. The third-order valence-electron chi connectivity index (χ3n) is 2.06. The Morgan fingerprint density at radius 2 is 2.00 bits per heavy atom. The number of hydrogen-bond donors (Lipinski definition) is 0. The lowest BCUT2D eigenvalue weighted by Gasteiger charge is -2.10. The fourth-order valence-electron chi connectivity index (χ4n) is 1.49. The van der Waals surface area contributed by atoms with Crippen molar-refractivity contribution in [2.24, 2.45) is 0 Å². The second kappa shape index (κ2) is 3.38. The van der Waals surface area contributed by atoms with Crippen LogP contribution in [0.2, 0.25) is 0 Å². The summed E-state index contributed by atoms with van der Waals surface area (Å²) in [5.74, 6) is 0.944. The molecule has 13 heavy (non-hydrogen) atoms. The molecule has 1 aliphatic rings. The third-order valence-corrected chi connectivity index (χ3v) is 2.06. The molecule has 0 saturated heterocycles. The van der Waals surface area contributed by atoms with Gasteiger partial charge in [-0.25, -0.2) is 0 Å². The van der Waals surface area contributed by atoms with Gasteiger partial charge in [-0.3, -0.25) is 0 Å². The summed E-state index contributed by atoms with van der Waals surface area (Å²) in [4.78, 5) is 0. The molecule has 1 aromatic carbocycles. The van der Waals surface area contributed by atoms with E-state index < -0.39 is 0 Å². The summed E-state index contributed by atoms with van der Waals surface area (Å²) >= 11 is 0. The standard InChI is InChI=1S/C11H14O2/c1-8(2)13-11-4-3-9-6-12-7-10(9)5-11/h3-5,8H,6-7H2,1-2H3. The highest BCUT2D eigenvalue weighted by Crippen LogP contribution is 2.24. The van der Waals surface area contributed by atoms with Crippen LogP contribution in [0.1, 0.15) is 25.0 Å². The largest absolute Gasteiger partial charge is 0.491 e. The van der Waals surface area contributed by atoms with E-state index in [9.17, 15) is 0 Å². The Labute approximate surface area is 78.5 Å². The lowest BCUT2D eigenvalue weighted by Crippen LogP contribution is -2.05. The quantitative estimate of drug-likeness (QED) is 0.692. The minimum Gasteiger partial charge on any atom is -0.491 e. The Hall–Kier alpha value is -1.02. The molecule has 0 aromatic heterocycles. The maximum absolute atomic E-state index is 5.58. The minimum absolute atomic E-state index is 0.236. The molecule has 2 nitrogen and oxygen atoms in total. The average molecular weight is 178 g/mol. The van der Waals surface area contributed by atoms with Gasteiger partial charge in [0, 0.05) is 0 Å². The third kappa shape index (κ3) is 1.83. The number of fused-ring (bicyclic) bond motifs is 1. The van der Waals surface area contributed by atoms with Gasteiger partial charge in [-0.15, -0.1) is 0 Å². The lowest BCUT2D eigenvalue weighted by molar-refractivity contribution is 0.134. The van der Waals surface area contributed by atoms with Gasteiger partial charge in [0.2, 0.25) is 0 Å². The van der Waals surface area contributed by atoms with Crippen LogP contribution in [0.3, 0.4) is 0 Å². The van der Waals surface area contributed by atoms with Gasteiger partial charge in [0.15, 0.2) is 0 Å². The van der Waals surface area contributed by atoms with Gasteiger partial charge in [0.1, 0.15) is 5.75 Å². The van der Waals surface area contributed by atoms with Crippen molar-refractivity contribution in [3.63, 3.8) is 0 Å². The molecule has 0 saturated carbocycles. The molecule has 0 amide bonds. The summed E-state index contributed by atoms with van der Waals surface area (Å²) < 4.78 is 10.9. The first-order valence-corrected chi connectivity index (χ1v) is 4.62. The van der Waals surface area contributed by atoms with Crippen LogP contribution < -0.4 is 4.74 Å². The molecule has 70 valence electrons. The molecule has 0 fully saturated rings. The van der Waals surface area contributed by atoms with Crippen LogP contribution in [0.5, 0.6) is 5.75 Å². The fraction of sp³-hybridized carbons (Fsp3) is 0.455. The van der Waals surface area contributed by atoms with Crippen LogP contribution in [0, 0.1) is 0 Å². The predicted molar refractivity (Wildman–Crippen MR) is 50.7 cm³/mol. The van der Waals surface area contributed by atoms with E-state index in [4.69, 9.17) is 9.47 Å². The SMILES string of the molecule is CC(C)Oc1ccc2c(c1)COC2. The first-order valence-electron chi connectivity index (χ1n) is 4.62. The van der Waals surface area contributed by atoms with Crippen molar-refractivity contribution in [2.75, 3.05) is 0 Å². The Morgan fingerprint density at radius 3 is 2.77 bits per heavy atom. The zero-order valence-corrected chi connectivity index (χ0v) is 8.04. The van der Waals surface area contributed by atoms with E-state index in [1.165, 1.54) is 11.1 Å². The van der Waals surface area contributed by atoms with E-state index in [1.54, 1.807) is 0 Å². The topological polar surface area (TPSA) is 18.5 Å². The first kappa shape index (κ1) is 8.57. The molecule has 0 unspecified atom stereocenters. The van der Waals surface area contributed by atoms with Gasteiger partial charge in [0.25, 0.3) is 0 Å². The van der Waals surface area contributed by atoms with Gasteiger partial charge < -0.3 is 9.47 Å². The fourth-order valence-corrected chi connectivity index (χ4v) is 1.49. The van der Waals surface area contributed by atoms with E-state index >= 15 is 0 Å². The molecule has 0 spiro atoms. The summed E-state index contributed by atoms with van der Waals surface area (Å²) in [6, 6.07) is 6.16.